The lowest BCUT2D eigenvalue weighted by atomic mass is 10.2. The smallest absolute Gasteiger partial charge is 0.268 e. The maximum Gasteiger partial charge on any atom is 0.268 e. The van der Waals surface area contributed by atoms with E-state index in [9.17, 15) is 13.2 Å². The average Bonchev–Trinajstić information content (AvgIpc) is 3.36. The third-order valence-electron chi connectivity index (χ3n) is 4.87. The van der Waals surface area contributed by atoms with Crippen molar-refractivity contribution in [1.82, 2.24) is 4.31 Å². The summed E-state index contributed by atoms with van der Waals surface area (Å²) in [6.07, 6.45) is 0.818. The standard InChI is InChI=1S/C21H20N2O3S2/c1-22(14-16-7-3-2-4-8-16)28(25,26)18-13-20(27-15-18)21(24)23-12-11-17-9-5-6-10-19(17)23/h2-10,13,15H,11-12,14H2,1H3. The van der Waals surface area contributed by atoms with Gasteiger partial charge in [-0.05, 0) is 29.7 Å². The highest BCUT2D eigenvalue weighted by atomic mass is 32.2. The van der Waals surface area contributed by atoms with Gasteiger partial charge in [-0.2, -0.15) is 4.31 Å². The zero-order chi connectivity index (χ0) is 19.7. The van der Waals surface area contributed by atoms with Gasteiger partial charge in [0.15, 0.2) is 0 Å². The van der Waals surface area contributed by atoms with Gasteiger partial charge in [0, 0.05) is 31.2 Å². The van der Waals surface area contributed by atoms with E-state index in [1.54, 1.807) is 17.3 Å². The Morgan fingerprint density at radius 1 is 1.11 bits per heavy atom. The molecule has 4 rings (SSSR count). The van der Waals surface area contributed by atoms with Gasteiger partial charge in [0.2, 0.25) is 10.0 Å². The van der Waals surface area contributed by atoms with Crippen molar-refractivity contribution in [1.29, 1.82) is 0 Å². The lowest BCUT2D eigenvalue weighted by molar-refractivity contribution is 0.0993. The van der Waals surface area contributed by atoms with Gasteiger partial charge in [0.05, 0.1) is 9.77 Å². The fourth-order valence-electron chi connectivity index (χ4n) is 3.35. The molecule has 144 valence electrons. The SMILES string of the molecule is CN(Cc1ccccc1)S(=O)(=O)c1csc(C(=O)N2CCc3ccccc32)c1. The van der Waals surface area contributed by atoms with Crippen LogP contribution in [-0.4, -0.2) is 32.2 Å². The summed E-state index contributed by atoms with van der Waals surface area (Å²) in [6.45, 7) is 0.897. The van der Waals surface area contributed by atoms with E-state index in [1.165, 1.54) is 21.7 Å². The van der Waals surface area contributed by atoms with Gasteiger partial charge < -0.3 is 4.90 Å². The molecule has 1 aliphatic rings. The van der Waals surface area contributed by atoms with Crippen LogP contribution in [0.25, 0.3) is 0 Å². The first kappa shape index (κ1) is 18.9. The Morgan fingerprint density at radius 3 is 2.61 bits per heavy atom. The number of hydrogen-bond donors (Lipinski definition) is 0. The van der Waals surface area contributed by atoms with Crippen molar-refractivity contribution in [3.8, 4) is 0 Å². The number of para-hydroxylation sites is 1. The third kappa shape index (κ3) is 3.48. The number of fused-ring (bicyclic) bond motifs is 1. The molecule has 5 nitrogen and oxygen atoms in total. The second kappa shape index (κ2) is 7.50. The van der Waals surface area contributed by atoms with E-state index in [4.69, 9.17) is 0 Å². The first-order chi connectivity index (χ1) is 13.5. The van der Waals surface area contributed by atoms with Crippen LogP contribution < -0.4 is 4.90 Å². The van der Waals surface area contributed by atoms with Crippen molar-refractivity contribution in [2.75, 3.05) is 18.5 Å². The number of sulfonamides is 1. The van der Waals surface area contributed by atoms with E-state index in [-0.39, 0.29) is 17.3 Å². The van der Waals surface area contributed by atoms with Crippen LogP contribution in [0.1, 0.15) is 20.8 Å². The molecule has 0 atom stereocenters. The number of thiophene rings is 1. The fraction of sp³-hybridized carbons (Fsp3) is 0.190. The number of benzene rings is 2. The third-order valence-corrected chi connectivity index (χ3v) is 7.72. The van der Waals surface area contributed by atoms with Gasteiger partial charge in [-0.3, -0.25) is 4.79 Å². The van der Waals surface area contributed by atoms with Crippen LogP contribution in [0.5, 0.6) is 0 Å². The first-order valence-corrected chi connectivity index (χ1v) is 11.3. The highest BCUT2D eigenvalue weighted by Crippen LogP contribution is 2.31. The van der Waals surface area contributed by atoms with Crippen LogP contribution in [0.4, 0.5) is 5.69 Å². The maximum absolute atomic E-state index is 12.9. The molecule has 2 heterocycles. The van der Waals surface area contributed by atoms with Crippen LogP contribution in [0.2, 0.25) is 0 Å². The normalized spacial score (nSPS) is 13.7. The van der Waals surface area contributed by atoms with Crippen LogP contribution in [0, 0.1) is 0 Å². The Kier molecular flexibility index (Phi) is 5.05. The van der Waals surface area contributed by atoms with Crippen molar-refractivity contribution in [3.05, 3.63) is 82.0 Å². The molecule has 0 saturated carbocycles. The van der Waals surface area contributed by atoms with E-state index in [1.807, 2.05) is 54.6 Å². The summed E-state index contributed by atoms with van der Waals surface area (Å²) >= 11 is 1.17. The van der Waals surface area contributed by atoms with E-state index < -0.39 is 10.0 Å². The number of carbonyl (C=O) groups excluding carboxylic acids is 1. The Hall–Kier alpha value is -2.48. The van der Waals surface area contributed by atoms with Gasteiger partial charge in [-0.1, -0.05) is 48.5 Å². The largest absolute Gasteiger partial charge is 0.307 e. The van der Waals surface area contributed by atoms with Crippen LogP contribution in [-0.2, 0) is 23.0 Å². The molecule has 0 aliphatic carbocycles. The summed E-state index contributed by atoms with van der Waals surface area (Å²) in [5.74, 6) is -0.151. The average molecular weight is 413 g/mol. The molecule has 7 heteroatoms. The molecule has 0 unspecified atom stereocenters. The molecular weight excluding hydrogens is 392 g/mol. The van der Waals surface area contributed by atoms with Crippen molar-refractivity contribution in [2.24, 2.45) is 0 Å². The number of anilines is 1. The lowest BCUT2D eigenvalue weighted by Crippen LogP contribution is -2.28. The van der Waals surface area contributed by atoms with E-state index in [0.29, 0.717) is 11.4 Å². The van der Waals surface area contributed by atoms with Crippen LogP contribution in [0.3, 0.4) is 0 Å². The second-order valence-electron chi connectivity index (χ2n) is 6.73. The summed E-state index contributed by atoms with van der Waals surface area (Å²) in [6, 6.07) is 18.7. The summed E-state index contributed by atoms with van der Waals surface area (Å²) in [5.41, 5.74) is 2.96. The summed E-state index contributed by atoms with van der Waals surface area (Å²) in [5, 5.41) is 1.55. The van der Waals surface area contributed by atoms with Crippen molar-refractivity contribution < 1.29 is 13.2 Å². The Labute approximate surface area is 168 Å². The fourth-order valence-corrected chi connectivity index (χ4v) is 5.72. The second-order valence-corrected chi connectivity index (χ2v) is 9.68. The van der Waals surface area contributed by atoms with Gasteiger partial charge in [0.1, 0.15) is 0 Å². The summed E-state index contributed by atoms with van der Waals surface area (Å²) in [4.78, 5) is 15.3. The predicted octanol–water partition coefficient (Wildman–Crippen LogP) is 3.77. The van der Waals surface area contributed by atoms with E-state index in [0.717, 1.165) is 23.2 Å². The Bertz CT molecular complexity index is 1110. The number of amides is 1. The highest BCUT2D eigenvalue weighted by Gasteiger charge is 2.28. The molecule has 1 aliphatic heterocycles. The van der Waals surface area contributed by atoms with Crippen LogP contribution >= 0.6 is 11.3 Å². The number of carbonyl (C=O) groups is 1. The molecule has 0 bridgehead atoms. The molecular formula is C21H20N2O3S2. The molecule has 0 fully saturated rings. The first-order valence-electron chi connectivity index (χ1n) is 8.95. The quantitative estimate of drug-likeness (QED) is 0.641. The minimum atomic E-state index is -3.66. The molecule has 28 heavy (non-hydrogen) atoms. The Balaban J connectivity index is 1.54. The minimum absolute atomic E-state index is 0.151. The molecule has 0 radical (unpaired) electrons. The van der Waals surface area contributed by atoms with Gasteiger partial charge in [0.25, 0.3) is 5.91 Å². The maximum atomic E-state index is 12.9. The highest BCUT2D eigenvalue weighted by molar-refractivity contribution is 7.89. The molecule has 1 amide bonds. The summed E-state index contributed by atoms with van der Waals surface area (Å²) < 4.78 is 27.1. The van der Waals surface area contributed by atoms with Gasteiger partial charge in [-0.25, -0.2) is 8.42 Å². The topological polar surface area (TPSA) is 57.7 Å². The molecule has 0 N–H and O–H groups in total. The van der Waals surface area contributed by atoms with Crippen LogP contribution in [0.15, 0.2) is 70.9 Å². The molecule has 0 spiro atoms. The Morgan fingerprint density at radius 2 is 1.82 bits per heavy atom. The van der Waals surface area contributed by atoms with E-state index >= 15 is 0 Å². The number of hydrogen-bond acceptors (Lipinski definition) is 4. The van der Waals surface area contributed by atoms with Crippen molar-refractivity contribution in [3.63, 3.8) is 0 Å². The van der Waals surface area contributed by atoms with Crippen molar-refractivity contribution >= 4 is 33.0 Å². The van der Waals surface area contributed by atoms with E-state index in [2.05, 4.69) is 0 Å². The summed E-state index contributed by atoms with van der Waals surface area (Å²) in [7, 11) is -2.11. The zero-order valence-electron chi connectivity index (χ0n) is 15.4. The van der Waals surface area contributed by atoms with Gasteiger partial charge >= 0.3 is 0 Å². The monoisotopic (exact) mass is 412 g/mol. The zero-order valence-corrected chi connectivity index (χ0v) is 17.0. The lowest BCUT2D eigenvalue weighted by Gasteiger charge is -2.17. The number of rotatable bonds is 5. The predicted molar refractivity (Wildman–Crippen MR) is 111 cm³/mol. The molecule has 2 aromatic carbocycles. The molecule has 1 aromatic heterocycles. The molecule has 3 aromatic rings. The van der Waals surface area contributed by atoms with Gasteiger partial charge in [-0.15, -0.1) is 11.3 Å². The number of nitrogens with zero attached hydrogens (tertiary/aromatic N) is 2. The molecule has 0 saturated heterocycles. The van der Waals surface area contributed by atoms with Crippen molar-refractivity contribution in [2.45, 2.75) is 17.9 Å². The minimum Gasteiger partial charge on any atom is -0.307 e.